The van der Waals surface area contributed by atoms with Crippen LogP contribution in [-0.4, -0.2) is 11.9 Å². The molecule has 0 aromatic heterocycles. The first-order valence-corrected chi connectivity index (χ1v) is 2.83. The van der Waals surface area contributed by atoms with E-state index in [0.29, 0.717) is 0 Å². The van der Waals surface area contributed by atoms with Crippen LogP contribution in [0.2, 0.25) is 0 Å². The van der Waals surface area contributed by atoms with Gasteiger partial charge >= 0.3 is 29.6 Å². The molecule has 0 bridgehead atoms. The predicted octanol–water partition coefficient (Wildman–Crippen LogP) is -4.27. The van der Waals surface area contributed by atoms with Crippen molar-refractivity contribution in [2.24, 2.45) is 5.73 Å². The number of carboxylic acid groups (broad SMARTS) is 1. The van der Waals surface area contributed by atoms with E-state index in [1.54, 1.807) is 0 Å². The molecular formula is C7H8NNaO3. The van der Waals surface area contributed by atoms with Crippen molar-refractivity contribution in [3.63, 3.8) is 0 Å². The number of hydrogen-bond acceptors (Lipinski definition) is 3. The minimum atomic E-state index is -1.34. The molecule has 0 aliphatic heterocycles. The molecule has 4 nitrogen and oxygen atoms in total. The maximum atomic E-state index is 10.3. The topological polar surface area (TPSA) is 83.2 Å². The third-order valence-corrected chi connectivity index (χ3v) is 1.03. The Hall–Kier alpha value is -0.580. The average molecular weight is 177 g/mol. The summed E-state index contributed by atoms with van der Waals surface area (Å²) in [6.45, 7) is 4.53. The van der Waals surface area contributed by atoms with Gasteiger partial charge in [-0.3, -0.25) is 4.79 Å². The molecule has 0 spiro atoms. The van der Waals surface area contributed by atoms with E-state index < -0.39 is 11.9 Å². The van der Waals surface area contributed by atoms with Crippen LogP contribution >= 0.6 is 0 Å². The number of aliphatic carboxylic acids is 1. The molecule has 0 atom stereocenters. The van der Waals surface area contributed by atoms with Gasteiger partial charge in [0.15, 0.2) is 0 Å². The van der Waals surface area contributed by atoms with E-state index in [1.165, 1.54) is 6.92 Å². The zero-order chi connectivity index (χ0) is 9.02. The molecule has 0 heterocycles. The summed E-state index contributed by atoms with van der Waals surface area (Å²) in [4.78, 5) is 20.4. The fourth-order valence-electron chi connectivity index (χ4n) is 0.391. The molecule has 0 aliphatic carbocycles. The molecular weight excluding hydrogens is 169 g/mol. The maximum absolute atomic E-state index is 10.3. The molecule has 0 radical (unpaired) electrons. The average Bonchev–Trinajstić information content (AvgIpc) is 1.87. The van der Waals surface area contributed by atoms with E-state index in [1.807, 2.05) is 0 Å². The number of amides is 1. The van der Waals surface area contributed by atoms with Gasteiger partial charge in [0.1, 0.15) is 0 Å². The fraction of sp³-hybridized carbons (Fsp3) is 0.143. The van der Waals surface area contributed by atoms with E-state index in [2.05, 4.69) is 6.58 Å². The van der Waals surface area contributed by atoms with Crippen molar-refractivity contribution in [3.8, 4) is 0 Å². The molecule has 0 aliphatic rings. The van der Waals surface area contributed by atoms with Crippen molar-refractivity contribution in [2.75, 3.05) is 0 Å². The summed E-state index contributed by atoms with van der Waals surface area (Å²) in [6.07, 6.45) is 1.07. The van der Waals surface area contributed by atoms with Crippen LogP contribution in [0.25, 0.3) is 0 Å². The largest absolute Gasteiger partial charge is 1.00 e. The van der Waals surface area contributed by atoms with E-state index in [-0.39, 0.29) is 40.7 Å². The van der Waals surface area contributed by atoms with Crippen LogP contribution in [0.15, 0.2) is 23.8 Å². The molecule has 0 saturated carbocycles. The van der Waals surface area contributed by atoms with Crippen LogP contribution < -0.4 is 40.4 Å². The van der Waals surface area contributed by atoms with E-state index in [0.717, 1.165) is 6.08 Å². The van der Waals surface area contributed by atoms with E-state index in [9.17, 15) is 14.7 Å². The Morgan fingerprint density at radius 2 is 1.92 bits per heavy atom. The van der Waals surface area contributed by atoms with Crippen molar-refractivity contribution >= 4 is 11.9 Å². The molecule has 60 valence electrons. The Morgan fingerprint density at radius 1 is 1.50 bits per heavy atom. The summed E-state index contributed by atoms with van der Waals surface area (Å²) in [5, 5.41) is 10.1. The van der Waals surface area contributed by atoms with Crippen LogP contribution in [-0.2, 0) is 9.59 Å². The van der Waals surface area contributed by atoms with Crippen LogP contribution in [0, 0.1) is 0 Å². The number of primary amides is 1. The minimum absolute atomic E-state index is 0. The molecule has 0 aromatic carbocycles. The van der Waals surface area contributed by atoms with Crippen LogP contribution in [0.1, 0.15) is 6.92 Å². The number of rotatable bonds is 3. The molecule has 0 aromatic rings. The number of carboxylic acids is 1. The summed E-state index contributed by atoms with van der Waals surface area (Å²) in [5.74, 6) is -2.09. The number of nitrogens with two attached hydrogens (primary N) is 1. The maximum Gasteiger partial charge on any atom is 1.00 e. The number of hydrogen-bond donors (Lipinski definition) is 1. The van der Waals surface area contributed by atoms with Crippen molar-refractivity contribution in [1.29, 1.82) is 0 Å². The summed E-state index contributed by atoms with van der Waals surface area (Å²) in [7, 11) is 0. The molecule has 0 fully saturated rings. The second-order valence-electron chi connectivity index (χ2n) is 2.00. The van der Waals surface area contributed by atoms with Crippen molar-refractivity contribution in [1.82, 2.24) is 0 Å². The molecule has 12 heavy (non-hydrogen) atoms. The van der Waals surface area contributed by atoms with Crippen molar-refractivity contribution < 1.29 is 44.3 Å². The molecule has 0 rings (SSSR count). The van der Waals surface area contributed by atoms with Crippen LogP contribution in [0.5, 0.6) is 0 Å². The van der Waals surface area contributed by atoms with Gasteiger partial charge in [0.2, 0.25) is 5.91 Å². The van der Waals surface area contributed by atoms with Gasteiger partial charge < -0.3 is 15.6 Å². The first-order valence-electron chi connectivity index (χ1n) is 2.83. The van der Waals surface area contributed by atoms with Gasteiger partial charge in [-0.25, -0.2) is 0 Å². The second kappa shape index (κ2) is 5.99. The summed E-state index contributed by atoms with van der Waals surface area (Å²) in [5.41, 5.74) is 4.66. The monoisotopic (exact) mass is 177 g/mol. The predicted molar refractivity (Wildman–Crippen MR) is 37.1 cm³/mol. The summed E-state index contributed by atoms with van der Waals surface area (Å²) >= 11 is 0. The van der Waals surface area contributed by atoms with Crippen molar-refractivity contribution in [2.45, 2.75) is 6.92 Å². The summed E-state index contributed by atoms with van der Waals surface area (Å²) in [6, 6.07) is 0. The van der Waals surface area contributed by atoms with Crippen molar-refractivity contribution in [3.05, 3.63) is 23.8 Å². The second-order valence-corrected chi connectivity index (χ2v) is 2.00. The van der Waals surface area contributed by atoms with Gasteiger partial charge in [-0.1, -0.05) is 6.58 Å². The first-order chi connectivity index (χ1) is 4.95. The Bertz CT molecular complexity index is 245. The summed E-state index contributed by atoms with van der Waals surface area (Å²) < 4.78 is 0. The Morgan fingerprint density at radius 3 is 2.17 bits per heavy atom. The number of carbonyl (C=O) groups excluding carboxylic acids is 2. The van der Waals surface area contributed by atoms with Crippen LogP contribution in [0.4, 0.5) is 0 Å². The minimum Gasteiger partial charge on any atom is -0.545 e. The van der Waals surface area contributed by atoms with E-state index >= 15 is 0 Å². The zero-order valence-corrected chi connectivity index (χ0v) is 9.09. The van der Waals surface area contributed by atoms with Gasteiger partial charge in [0.05, 0.1) is 5.97 Å². The van der Waals surface area contributed by atoms with E-state index in [4.69, 9.17) is 5.73 Å². The molecule has 0 saturated heterocycles. The van der Waals surface area contributed by atoms with Gasteiger partial charge in [-0.15, -0.1) is 0 Å². The molecule has 0 unspecified atom stereocenters. The smallest absolute Gasteiger partial charge is 0.545 e. The third kappa shape index (κ3) is 5.12. The third-order valence-electron chi connectivity index (χ3n) is 1.03. The Balaban J connectivity index is 0. The molecule has 1 amide bonds. The normalized spacial score (nSPS) is 9.92. The Kier molecular flexibility index (Phi) is 6.98. The zero-order valence-electron chi connectivity index (χ0n) is 7.09. The SMILES string of the molecule is C=C(C=C(C)C(=O)[O-])C(N)=O.[Na+]. The van der Waals surface area contributed by atoms with Gasteiger partial charge in [-0.05, 0) is 18.6 Å². The standard InChI is InChI=1S/C7H9NO3.Na/c1-4(6(8)9)3-5(2)7(10)11;/h3H,1H2,2H3,(H2,8,9)(H,10,11);/q;+1/p-1. The van der Waals surface area contributed by atoms with Crippen LogP contribution in [0.3, 0.4) is 0 Å². The Labute approximate surface area is 92.4 Å². The van der Waals surface area contributed by atoms with Gasteiger partial charge in [0.25, 0.3) is 0 Å². The quantitative estimate of drug-likeness (QED) is 0.269. The fourth-order valence-corrected chi connectivity index (χ4v) is 0.391. The van der Waals surface area contributed by atoms with Gasteiger partial charge in [0, 0.05) is 5.57 Å². The van der Waals surface area contributed by atoms with Gasteiger partial charge in [-0.2, -0.15) is 0 Å². The molecule has 2 N–H and O–H groups in total. The number of carbonyl (C=O) groups is 2. The molecule has 5 heteroatoms. The first kappa shape index (κ1) is 14.0.